The zero-order valence-corrected chi connectivity index (χ0v) is 12.1. The smallest absolute Gasteiger partial charge is 0.149 e. The van der Waals surface area contributed by atoms with Crippen LogP contribution in [-0.2, 0) is 12.8 Å². The Hall–Kier alpha value is -1.41. The van der Waals surface area contributed by atoms with Gasteiger partial charge < -0.3 is 0 Å². The van der Waals surface area contributed by atoms with E-state index in [1.165, 1.54) is 40.7 Å². The van der Waals surface area contributed by atoms with Gasteiger partial charge in [-0.1, -0.05) is 29.8 Å². The molecule has 0 unspecified atom stereocenters. The standard InChI is InChI=1S/C16H17ClN2/c1-10-6-5-7-11(2)14(10)15-12-8-3-4-9-13(12)16(17)19-18-15/h5-7H,3-4,8-9H2,1-2H3. The molecule has 2 nitrogen and oxygen atoms in total. The van der Waals surface area contributed by atoms with Crippen LogP contribution in [0.1, 0.15) is 35.1 Å². The van der Waals surface area contributed by atoms with Crippen LogP contribution in [0.25, 0.3) is 11.3 Å². The quantitative estimate of drug-likeness (QED) is 0.774. The van der Waals surface area contributed by atoms with Crippen LogP contribution in [0.2, 0.25) is 5.15 Å². The highest BCUT2D eigenvalue weighted by Crippen LogP contribution is 2.35. The van der Waals surface area contributed by atoms with E-state index < -0.39 is 0 Å². The summed E-state index contributed by atoms with van der Waals surface area (Å²) in [4.78, 5) is 0. The highest BCUT2D eigenvalue weighted by molar-refractivity contribution is 6.30. The molecule has 1 aromatic heterocycles. The summed E-state index contributed by atoms with van der Waals surface area (Å²) in [6.07, 6.45) is 4.51. The highest BCUT2D eigenvalue weighted by Gasteiger charge is 2.21. The largest absolute Gasteiger partial charge is 0.155 e. The van der Waals surface area contributed by atoms with Gasteiger partial charge in [-0.05, 0) is 61.8 Å². The molecule has 0 spiro atoms. The summed E-state index contributed by atoms with van der Waals surface area (Å²) in [5, 5.41) is 9.16. The van der Waals surface area contributed by atoms with E-state index in [-0.39, 0.29) is 0 Å². The number of halogens is 1. The molecule has 0 bridgehead atoms. The lowest BCUT2D eigenvalue weighted by Gasteiger charge is -2.20. The number of benzene rings is 1. The molecule has 2 aromatic rings. The van der Waals surface area contributed by atoms with Crippen molar-refractivity contribution in [3.63, 3.8) is 0 Å². The van der Waals surface area contributed by atoms with E-state index in [0.29, 0.717) is 5.15 Å². The molecule has 1 aliphatic carbocycles. The third-order valence-corrected chi connectivity index (χ3v) is 4.26. The molecule has 0 N–H and O–H groups in total. The number of hydrogen-bond donors (Lipinski definition) is 0. The molecular weight excluding hydrogens is 256 g/mol. The van der Waals surface area contributed by atoms with Crippen molar-refractivity contribution >= 4 is 11.6 Å². The first-order valence-electron chi connectivity index (χ1n) is 6.79. The summed E-state index contributed by atoms with van der Waals surface area (Å²) in [5.41, 5.74) is 7.29. The van der Waals surface area contributed by atoms with Gasteiger partial charge in [-0.2, -0.15) is 0 Å². The Bertz CT molecular complexity index is 615. The second-order valence-electron chi connectivity index (χ2n) is 5.27. The Kier molecular flexibility index (Phi) is 3.28. The molecule has 1 aliphatic rings. The molecule has 0 radical (unpaired) electrons. The molecule has 1 heterocycles. The zero-order valence-electron chi connectivity index (χ0n) is 11.3. The summed E-state index contributed by atoms with van der Waals surface area (Å²) in [7, 11) is 0. The van der Waals surface area contributed by atoms with Gasteiger partial charge >= 0.3 is 0 Å². The second kappa shape index (κ2) is 4.93. The molecule has 0 amide bonds. The summed E-state index contributed by atoms with van der Waals surface area (Å²) in [5.74, 6) is 0. The average Bonchev–Trinajstić information content (AvgIpc) is 2.41. The van der Waals surface area contributed by atoms with Crippen LogP contribution in [0.5, 0.6) is 0 Å². The molecule has 3 rings (SSSR count). The van der Waals surface area contributed by atoms with Gasteiger partial charge in [0.1, 0.15) is 0 Å². The molecular formula is C16H17ClN2. The molecule has 1 aromatic carbocycles. The van der Waals surface area contributed by atoms with Crippen LogP contribution in [0, 0.1) is 13.8 Å². The number of aryl methyl sites for hydroxylation is 2. The Labute approximate surface area is 118 Å². The molecule has 19 heavy (non-hydrogen) atoms. The van der Waals surface area contributed by atoms with E-state index >= 15 is 0 Å². The van der Waals surface area contributed by atoms with Gasteiger partial charge in [-0.3, -0.25) is 0 Å². The van der Waals surface area contributed by atoms with E-state index in [4.69, 9.17) is 11.6 Å². The third-order valence-electron chi connectivity index (χ3n) is 3.96. The summed E-state index contributed by atoms with van der Waals surface area (Å²) in [6, 6.07) is 6.35. The number of nitrogens with zero attached hydrogens (tertiary/aromatic N) is 2. The first kappa shape index (κ1) is 12.6. The number of aromatic nitrogens is 2. The highest BCUT2D eigenvalue weighted by atomic mass is 35.5. The molecule has 0 aliphatic heterocycles. The van der Waals surface area contributed by atoms with Crippen molar-refractivity contribution < 1.29 is 0 Å². The first-order chi connectivity index (χ1) is 9.18. The van der Waals surface area contributed by atoms with Crippen LogP contribution < -0.4 is 0 Å². The summed E-state index contributed by atoms with van der Waals surface area (Å²) in [6.45, 7) is 4.27. The van der Waals surface area contributed by atoms with Gasteiger partial charge in [-0.15, -0.1) is 10.2 Å². The molecule has 0 saturated heterocycles. The fraction of sp³-hybridized carbons (Fsp3) is 0.375. The minimum absolute atomic E-state index is 0.588. The maximum Gasteiger partial charge on any atom is 0.155 e. The van der Waals surface area contributed by atoms with Crippen molar-refractivity contribution in [2.45, 2.75) is 39.5 Å². The summed E-state index contributed by atoms with van der Waals surface area (Å²) >= 11 is 6.21. The number of hydrogen-bond acceptors (Lipinski definition) is 2. The predicted molar refractivity (Wildman–Crippen MR) is 78.6 cm³/mol. The fourth-order valence-corrected chi connectivity index (χ4v) is 3.24. The number of fused-ring (bicyclic) bond motifs is 1. The van der Waals surface area contributed by atoms with Gasteiger partial charge in [0, 0.05) is 5.56 Å². The summed E-state index contributed by atoms with van der Waals surface area (Å²) < 4.78 is 0. The van der Waals surface area contributed by atoms with Crippen molar-refractivity contribution in [1.82, 2.24) is 10.2 Å². The van der Waals surface area contributed by atoms with Crippen molar-refractivity contribution in [2.24, 2.45) is 0 Å². The van der Waals surface area contributed by atoms with E-state index in [1.807, 2.05) is 0 Å². The lowest BCUT2D eigenvalue weighted by Crippen LogP contribution is -2.09. The minimum atomic E-state index is 0.588. The topological polar surface area (TPSA) is 25.8 Å². The van der Waals surface area contributed by atoms with E-state index in [2.05, 4.69) is 42.2 Å². The zero-order chi connectivity index (χ0) is 13.4. The van der Waals surface area contributed by atoms with Crippen LogP contribution in [0.15, 0.2) is 18.2 Å². The van der Waals surface area contributed by atoms with Gasteiger partial charge in [0.2, 0.25) is 0 Å². The van der Waals surface area contributed by atoms with Gasteiger partial charge in [0.05, 0.1) is 5.69 Å². The van der Waals surface area contributed by atoms with Gasteiger partial charge in [0.15, 0.2) is 5.15 Å². The van der Waals surface area contributed by atoms with Crippen LogP contribution in [-0.4, -0.2) is 10.2 Å². The number of rotatable bonds is 1. The average molecular weight is 273 g/mol. The van der Waals surface area contributed by atoms with Gasteiger partial charge in [0.25, 0.3) is 0 Å². The maximum absolute atomic E-state index is 6.21. The normalized spacial score (nSPS) is 14.3. The molecule has 3 heteroatoms. The molecule has 0 fully saturated rings. The van der Waals surface area contributed by atoms with E-state index in [9.17, 15) is 0 Å². The predicted octanol–water partition coefficient (Wildman–Crippen LogP) is 4.29. The van der Waals surface area contributed by atoms with Gasteiger partial charge in [-0.25, -0.2) is 0 Å². The molecule has 0 atom stereocenters. The second-order valence-corrected chi connectivity index (χ2v) is 5.63. The monoisotopic (exact) mass is 272 g/mol. The van der Waals surface area contributed by atoms with Crippen molar-refractivity contribution in [3.05, 3.63) is 45.6 Å². The van der Waals surface area contributed by atoms with Crippen LogP contribution in [0.4, 0.5) is 0 Å². The maximum atomic E-state index is 6.21. The van der Waals surface area contributed by atoms with Crippen molar-refractivity contribution in [1.29, 1.82) is 0 Å². The Morgan fingerprint density at radius 2 is 1.58 bits per heavy atom. The van der Waals surface area contributed by atoms with E-state index in [0.717, 1.165) is 18.5 Å². The Morgan fingerprint density at radius 1 is 0.947 bits per heavy atom. The van der Waals surface area contributed by atoms with Crippen LogP contribution in [0.3, 0.4) is 0 Å². The lowest BCUT2D eigenvalue weighted by atomic mass is 9.88. The lowest BCUT2D eigenvalue weighted by molar-refractivity contribution is 0.676. The van der Waals surface area contributed by atoms with Crippen molar-refractivity contribution in [2.75, 3.05) is 0 Å². The van der Waals surface area contributed by atoms with Crippen LogP contribution >= 0.6 is 11.6 Å². The molecule has 98 valence electrons. The Morgan fingerprint density at radius 3 is 2.26 bits per heavy atom. The molecule has 0 saturated carbocycles. The third kappa shape index (κ3) is 2.14. The Balaban J connectivity index is 2.26. The first-order valence-corrected chi connectivity index (χ1v) is 7.17. The van der Waals surface area contributed by atoms with Crippen molar-refractivity contribution in [3.8, 4) is 11.3 Å². The fourth-order valence-electron chi connectivity index (χ4n) is 3.00. The minimum Gasteiger partial charge on any atom is -0.149 e. The SMILES string of the molecule is Cc1cccc(C)c1-c1nnc(Cl)c2c1CCCC2. The van der Waals surface area contributed by atoms with E-state index in [1.54, 1.807) is 0 Å².